The first kappa shape index (κ1) is 15.6. The van der Waals surface area contributed by atoms with E-state index >= 15 is 0 Å². The molecule has 0 saturated carbocycles. The Balaban J connectivity index is 2.59. The van der Waals surface area contributed by atoms with Gasteiger partial charge in [0.05, 0.1) is 5.92 Å². The van der Waals surface area contributed by atoms with E-state index in [1.807, 2.05) is 13.0 Å². The van der Waals surface area contributed by atoms with E-state index in [0.29, 0.717) is 6.54 Å². The summed E-state index contributed by atoms with van der Waals surface area (Å²) < 4.78 is 0. The number of carboxylic acid groups (broad SMARTS) is 1. The van der Waals surface area contributed by atoms with Gasteiger partial charge in [-0.25, -0.2) is 0 Å². The van der Waals surface area contributed by atoms with Crippen molar-refractivity contribution in [3.05, 3.63) is 11.0 Å². The smallest absolute Gasteiger partial charge is 0.312 e. The molecule has 1 unspecified atom stereocenters. The van der Waals surface area contributed by atoms with Crippen molar-refractivity contribution in [1.82, 2.24) is 4.90 Å². The van der Waals surface area contributed by atoms with Crippen LogP contribution >= 0.6 is 11.8 Å². The second-order valence-corrected chi connectivity index (χ2v) is 5.96. The maximum absolute atomic E-state index is 11.5. The minimum Gasteiger partial charge on any atom is -0.481 e. The van der Waals surface area contributed by atoms with Crippen LogP contribution in [0.2, 0.25) is 0 Å². The van der Waals surface area contributed by atoms with Gasteiger partial charge in [-0.3, -0.25) is 4.79 Å². The molecule has 104 valence electrons. The molecule has 0 amide bonds. The molecule has 18 heavy (non-hydrogen) atoms. The predicted octanol–water partition coefficient (Wildman–Crippen LogP) is 3.22. The van der Waals surface area contributed by atoms with Crippen molar-refractivity contribution in [2.24, 2.45) is 5.92 Å². The van der Waals surface area contributed by atoms with Crippen molar-refractivity contribution in [3.63, 3.8) is 0 Å². The summed E-state index contributed by atoms with van der Waals surface area (Å²) in [6, 6.07) is 0. The van der Waals surface area contributed by atoms with Gasteiger partial charge < -0.3 is 10.0 Å². The van der Waals surface area contributed by atoms with Crippen LogP contribution < -0.4 is 0 Å². The van der Waals surface area contributed by atoms with Crippen LogP contribution in [0.25, 0.3) is 0 Å². The summed E-state index contributed by atoms with van der Waals surface area (Å²) in [7, 11) is 0. The molecule has 0 aliphatic carbocycles. The summed E-state index contributed by atoms with van der Waals surface area (Å²) in [4.78, 5) is 14.8. The van der Waals surface area contributed by atoms with E-state index in [0.717, 1.165) is 30.2 Å². The fourth-order valence-electron chi connectivity index (χ4n) is 2.29. The number of piperidine rings is 1. The van der Waals surface area contributed by atoms with Gasteiger partial charge in [0, 0.05) is 6.54 Å². The normalized spacial score (nSPS) is 19.8. The van der Waals surface area contributed by atoms with Crippen LogP contribution in [-0.4, -0.2) is 41.4 Å². The number of aliphatic carboxylic acids is 1. The van der Waals surface area contributed by atoms with E-state index in [2.05, 4.69) is 11.8 Å². The average molecular weight is 271 g/mol. The number of likely N-dealkylation sites (tertiary alicyclic amines) is 1. The summed E-state index contributed by atoms with van der Waals surface area (Å²) >= 11 is 1.70. The molecule has 1 heterocycles. The number of rotatable bonds is 7. The summed E-state index contributed by atoms with van der Waals surface area (Å²) in [6.07, 6.45) is 6.76. The van der Waals surface area contributed by atoms with Gasteiger partial charge in [0.25, 0.3) is 0 Å². The van der Waals surface area contributed by atoms with Crippen LogP contribution in [0.1, 0.15) is 39.5 Å². The number of thioether (sulfide) groups is 1. The van der Waals surface area contributed by atoms with E-state index in [1.54, 1.807) is 11.8 Å². The van der Waals surface area contributed by atoms with Gasteiger partial charge in [-0.05, 0) is 49.9 Å². The van der Waals surface area contributed by atoms with Crippen molar-refractivity contribution < 1.29 is 9.90 Å². The lowest BCUT2D eigenvalue weighted by molar-refractivity contribution is -0.140. The number of carbonyl (C=O) groups is 1. The van der Waals surface area contributed by atoms with Crippen molar-refractivity contribution in [2.45, 2.75) is 39.5 Å². The molecule has 1 saturated heterocycles. The summed E-state index contributed by atoms with van der Waals surface area (Å²) in [5, 5.41) is 9.42. The Kier molecular flexibility index (Phi) is 7.44. The SMILES string of the molecule is CC=C(SCCC)C(CN1CCCCC1)C(=O)O. The fourth-order valence-corrected chi connectivity index (χ4v) is 3.28. The molecule has 1 fully saturated rings. The standard InChI is InChI=1S/C14H25NO2S/c1-3-10-18-13(4-2)12(14(16)17)11-15-8-6-5-7-9-15/h4,12H,3,5-11H2,1-2H3,(H,16,17). The molecular weight excluding hydrogens is 246 g/mol. The van der Waals surface area contributed by atoms with Gasteiger partial charge in [0.2, 0.25) is 0 Å². The third-order valence-corrected chi connectivity index (χ3v) is 4.75. The lowest BCUT2D eigenvalue weighted by Crippen LogP contribution is -2.37. The van der Waals surface area contributed by atoms with E-state index in [1.165, 1.54) is 19.3 Å². The summed E-state index contributed by atoms with van der Waals surface area (Å²) in [5.74, 6) is -0.0226. The third kappa shape index (κ3) is 5.02. The largest absolute Gasteiger partial charge is 0.481 e. The molecular formula is C14H25NO2S. The second-order valence-electron chi connectivity index (χ2n) is 4.79. The molecule has 1 rings (SSSR count). The number of allylic oxidation sites excluding steroid dienone is 1. The molecule has 1 N–H and O–H groups in total. The predicted molar refractivity (Wildman–Crippen MR) is 77.9 cm³/mol. The van der Waals surface area contributed by atoms with Gasteiger partial charge in [-0.1, -0.05) is 19.4 Å². The molecule has 0 aromatic carbocycles. The van der Waals surface area contributed by atoms with Gasteiger partial charge in [-0.15, -0.1) is 11.8 Å². The maximum Gasteiger partial charge on any atom is 0.312 e. The van der Waals surface area contributed by atoms with Crippen LogP contribution in [0.5, 0.6) is 0 Å². The first-order chi connectivity index (χ1) is 8.69. The highest BCUT2D eigenvalue weighted by Gasteiger charge is 2.25. The zero-order valence-electron chi connectivity index (χ0n) is 11.5. The van der Waals surface area contributed by atoms with E-state index in [9.17, 15) is 9.90 Å². The average Bonchev–Trinajstić information content (AvgIpc) is 2.39. The van der Waals surface area contributed by atoms with E-state index in [4.69, 9.17) is 0 Å². The topological polar surface area (TPSA) is 40.5 Å². The van der Waals surface area contributed by atoms with Crippen LogP contribution in [0, 0.1) is 5.92 Å². The Morgan fingerprint density at radius 3 is 2.56 bits per heavy atom. The van der Waals surface area contributed by atoms with Crippen LogP contribution in [-0.2, 0) is 4.79 Å². The molecule has 0 spiro atoms. The third-order valence-electron chi connectivity index (χ3n) is 3.29. The fraction of sp³-hybridized carbons (Fsp3) is 0.786. The molecule has 0 radical (unpaired) electrons. The second kappa shape index (κ2) is 8.59. The molecule has 0 aromatic heterocycles. The Bertz CT molecular complexity index is 286. The minimum absolute atomic E-state index is 0.343. The Morgan fingerprint density at radius 2 is 2.06 bits per heavy atom. The van der Waals surface area contributed by atoms with Crippen LogP contribution in [0.3, 0.4) is 0 Å². The van der Waals surface area contributed by atoms with Gasteiger partial charge in [0.1, 0.15) is 0 Å². The highest BCUT2D eigenvalue weighted by atomic mass is 32.2. The quantitative estimate of drug-likeness (QED) is 0.772. The summed E-state index contributed by atoms with van der Waals surface area (Å²) in [5.41, 5.74) is 0. The van der Waals surface area contributed by atoms with Gasteiger partial charge in [-0.2, -0.15) is 0 Å². The first-order valence-electron chi connectivity index (χ1n) is 6.93. The zero-order chi connectivity index (χ0) is 13.4. The van der Waals surface area contributed by atoms with Gasteiger partial charge in [0.15, 0.2) is 0 Å². The Morgan fingerprint density at radius 1 is 1.39 bits per heavy atom. The molecule has 1 atom stereocenters. The summed E-state index contributed by atoms with van der Waals surface area (Å²) in [6.45, 7) is 6.86. The lowest BCUT2D eigenvalue weighted by Gasteiger charge is -2.29. The molecule has 0 bridgehead atoms. The zero-order valence-corrected chi connectivity index (χ0v) is 12.3. The van der Waals surface area contributed by atoms with Gasteiger partial charge >= 0.3 is 5.97 Å². The number of hydrogen-bond donors (Lipinski definition) is 1. The van der Waals surface area contributed by atoms with Crippen LogP contribution in [0.4, 0.5) is 0 Å². The Labute approximate surface area is 115 Å². The molecule has 0 aromatic rings. The highest BCUT2D eigenvalue weighted by Crippen LogP contribution is 2.27. The monoisotopic (exact) mass is 271 g/mol. The molecule has 3 nitrogen and oxygen atoms in total. The van der Waals surface area contributed by atoms with Crippen molar-refractivity contribution in [2.75, 3.05) is 25.4 Å². The van der Waals surface area contributed by atoms with Crippen molar-refractivity contribution in [3.8, 4) is 0 Å². The van der Waals surface area contributed by atoms with Crippen LogP contribution in [0.15, 0.2) is 11.0 Å². The number of nitrogens with zero attached hydrogens (tertiary/aromatic N) is 1. The lowest BCUT2D eigenvalue weighted by atomic mass is 10.1. The maximum atomic E-state index is 11.5. The Hall–Kier alpha value is -0.480. The molecule has 4 heteroatoms. The highest BCUT2D eigenvalue weighted by molar-refractivity contribution is 8.03. The van der Waals surface area contributed by atoms with Crippen molar-refractivity contribution >= 4 is 17.7 Å². The van der Waals surface area contributed by atoms with E-state index in [-0.39, 0.29) is 5.92 Å². The van der Waals surface area contributed by atoms with Crippen molar-refractivity contribution in [1.29, 1.82) is 0 Å². The van der Waals surface area contributed by atoms with E-state index < -0.39 is 5.97 Å². The molecule has 1 aliphatic heterocycles. The molecule has 1 aliphatic rings. The number of carboxylic acids is 1. The minimum atomic E-state index is -0.683. The number of hydrogen-bond acceptors (Lipinski definition) is 3. The first-order valence-corrected chi connectivity index (χ1v) is 7.91.